The molecule has 0 bridgehead atoms. The van der Waals surface area contributed by atoms with Crippen LogP contribution < -0.4 is 10.6 Å². The Morgan fingerprint density at radius 2 is 1.93 bits per heavy atom. The number of benzene rings is 1. The molecule has 27 heavy (non-hydrogen) atoms. The van der Waals surface area contributed by atoms with Crippen LogP contribution in [0.3, 0.4) is 0 Å². The lowest BCUT2D eigenvalue weighted by molar-refractivity contribution is -0.120. The van der Waals surface area contributed by atoms with Gasteiger partial charge in [-0.15, -0.1) is 0 Å². The Morgan fingerprint density at radius 1 is 1.22 bits per heavy atom. The minimum atomic E-state index is -0.560. The molecule has 6 nitrogen and oxygen atoms in total. The standard InChI is InChI=1S/C21H30N2O4/c1-13(2)17(23-20(25)27-21(4,5)6)11-22-19(24)10-15-12-26-18-9-14(3)7-8-16(15)18/h7-9,12-13,17H,10-11H2,1-6H3,(H,22,24)(H,23,25). The third-order valence-electron chi connectivity index (χ3n) is 4.19. The molecule has 2 rings (SSSR count). The summed E-state index contributed by atoms with van der Waals surface area (Å²) in [5.41, 5.74) is 2.18. The first kappa shape index (κ1) is 20.8. The number of hydrogen-bond acceptors (Lipinski definition) is 4. The van der Waals surface area contributed by atoms with Gasteiger partial charge in [0.1, 0.15) is 11.2 Å². The molecule has 6 heteroatoms. The van der Waals surface area contributed by atoms with Gasteiger partial charge in [-0.3, -0.25) is 4.79 Å². The monoisotopic (exact) mass is 374 g/mol. The van der Waals surface area contributed by atoms with E-state index in [1.807, 2.05) is 59.7 Å². The average Bonchev–Trinajstić information content (AvgIpc) is 2.91. The van der Waals surface area contributed by atoms with Crippen molar-refractivity contribution < 1.29 is 18.7 Å². The molecule has 0 saturated heterocycles. The first-order valence-electron chi connectivity index (χ1n) is 9.28. The maximum Gasteiger partial charge on any atom is 0.407 e. The van der Waals surface area contributed by atoms with Gasteiger partial charge < -0.3 is 19.8 Å². The minimum Gasteiger partial charge on any atom is -0.464 e. The van der Waals surface area contributed by atoms with Gasteiger partial charge in [0.25, 0.3) is 0 Å². The Labute approximate surface area is 160 Å². The van der Waals surface area contributed by atoms with E-state index in [0.717, 1.165) is 22.1 Å². The zero-order valence-electron chi connectivity index (χ0n) is 17.0. The van der Waals surface area contributed by atoms with Crippen molar-refractivity contribution >= 4 is 23.0 Å². The third kappa shape index (κ3) is 6.31. The molecule has 0 fully saturated rings. The van der Waals surface area contributed by atoms with Crippen LogP contribution in [0.1, 0.15) is 45.7 Å². The molecule has 1 aromatic carbocycles. The fraction of sp³-hybridized carbons (Fsp3) is 0.524. The molecule has 2 aromatic rings. The summed E-state index contributed by atoms with van der Waals surface area (Å²) in [5, 5.41) is 6.67. The zero-order chi connectivity index (χ0) is 20.2. The van der Waals surface area contributed by atoms with Gasteiger partial charge in [0, 0.05) is 17.5 Å². The van der Waals surface area contributed by atoms with Crippen LogP contribution in [0.5, 0.6) is 0 Å². The van der Waals surface area contributed by atoms with Crippen LogP contribution in [-0.2, 0) is 16.0 Å². The third-order valence-corrected chi connectivity index (χ3v) is 4.19. The van der Waals surface area contributed by atoms with Crippen LogP contribution in [0.2, 0.25) is 0 Å². The largest absolute Gasteiger partial charge is 0.464 e. The Bertz CT molecular complexity index is 802. The van der Waals surface area contributed by atoms with Gasteiger partial charge in [0.2, 0.25) is 5.91 Å². The highest BCUT2D eigenvalue weighted by molar-refractivity contribution is 5.87. The number of nitrogens with one attached hydrogen (secondary N) is 2. The molecule has 0 aliphatic rings. The first-order chi connectivity index (χ1) is 12.5. The summed E-state index contributed by atoms with van der Waals surface area (Å²) in [5.74, 6) is 0.0328. The first-order valence-corrected chi connectivity index (χ1v) is 9.28. The van der Waals surface area contributed by atoms with Gasteiger partial charge in [-0.2, -0.15) is 0 Å². The zero-order valence-corrected chi connectivity index (χ0v) is 17.0. The van der Waals surface area contributed by atoms with E-state index >= 15 is 0 Å². The number of aryl methyl sites for hydroxylation is 1. The van der Waals surface area contributed by atoms with Crippen LogP contribution in [0.4, 0.5) is 4.79 Å². The molecule has 2 amide bonds. The summed E-state index contributed by atoms with van der Waals surface area (Å²) in [6, 6.07) is 5.71. The number of ether oxygens (including phenoxy) is 1. The fourth-order valence-corrected chi connectivity index (χ4v) is 2.70. The molecule has 0 radical (unpaired) electrons. The number of fused-ring (bicyclic) bond motifs is 1. The van der Waals surface area contributed by atoms with Crippen LogP contribution in [0, 0.1) is 12.8 Å². The fourth-order valence-electron chi connectivity index (χ4n) is 2.70. The van der Waals surface area contributed by atoms with Crippen molar-refractivity contribution in [3.8, 4) is 0 Å². The summed E-state index contributed by atoms with van der Waals surface area (Å²) in [4.78, 5) is 24.4. The molecule has 1 unspecified atom stereocenters. The second-order valence-corrected chi connectivity index (χ2v) is 8.24. The maximum absolute atomic E-state index is 12.4. The summed E-state index contributed by atoms with van der Waals surface area (Å²) in [6.45, 7) is 11.8. The van der Waals surface area contributed by atoms with Crippen molar-refractivity contribution in [3.05, 3.63) is 35.6 Å². The summed E-state index contributed by atoms with van der Waals surface area (Å²) in [7, 11) is 0. The smallest absolute Gasteiger partial charge is 0.407 e. The SMILES string of the molecule is Cc1ccc2c(CC(=O)NCC(NC(=O)OC(C)(C)C)C(C)C)coc2c1. The summed E-state index contributed by atoms with van der Waals surface area (Å²) < 4.78 is 10.8. The molecule has 1 atom stereocenters. The van der Waals surface area contributed by atoms with Gasteiger partial charge in [-0.25, -0.2) is 4.79 Å². The van der Waals surface area contributed by atoms with E-state index in [9.17, 15) is 9.59 Å². The predicted molar refractivity (Wildman–Crippen MR) is 106 cm³/mol. The van der Waals surface area contributed by atoms with Crippen LogP contribution in [0.25, 0.3) is 11.0 Å². The molecule has 0 aliphatic carbocycles. The number of carbonyl (C=O) groups is 2. The highest BCUT2D eigenvalue weighted by Gasteiger charge is 2.22. The van der Waals surface area contributed by atoms with E-state index in [1.54, 1.807) is 6.26 Å². The number of amides is 2. The second kappa shape index (κ2) is 8.46. The Hall–Kier alpha value is -2.50. The van der Waals surface area contributed by atoms with E-state index in [2.05, 4.69) is 10.6 Å². The molecular weight excluding hydrogens is 344 g/mol. The van der Waals surface area contributed by atoms with Crippen molar-refractivity contribution in [1.82, 2.24) is 10.6 Å². The second-order valence-electron chi connectivity index (χ2n) is 8.24. The molecule has 0 saturated carbocycles. The van der Waals surface area contributed by atoms with Crippen molar-refractivity contribution in [2.24, 2.45) is 5.92 Å². The summed E-state index contributed by atoms with van der Waals surface area (Å²) in [6.07, 6.45) is 1.38. The lowest BCUT2D eigenvalue weighted by Crippen LogP contribution is -2.48. The number of furan rings is 1. The van der Waals surface area contributed by atoms with Crippen LogP contribution >= 0.6 is 0 Å². The van der Waals surface area contributed by atoms with Crippen molar-refractivity contribution in [2.75, 3.05) is 6.54 Å². The van der Waals surface area contributed by atoms with Crippen molar-refractivity contribution in [3.63, 3.8) is 0 Å². The summed E-state index contributed by atoms with van der Waals surface area (Å²) >= 11 is 0. The quantitative estimate of drug-likeness (QED) is 0.802. The Kier molecular flexibility index (Phi) is 6.52. The van der Waals surface area contributed by atoms with E-state index in [0.29, 0.717) is 6.54 Å². The van der Waals surface area contributed by atoms with Gasteiger partial charge in [-0.1, -0.05) is 26.0 Å². The van der Waals surface area contributed by atoms with E-state index < -0.39 is 11.7 Å². The highest BCUT2D eigenvalue weighted by Crippen LogP contribution is 2.22. The van der Waals surface area contributed by atoms with Crippen LogP contribution in [0.15, 0.2) is 28.9 Å². The van der Waals surface area contributed by atoms with Gasteiger partial charge in [-0.05, 0) is 45.2 Å². The lowest BCUT2D eigenvalue weighted by Gasteiger charge is -2.26. The number of alkyl carbamates (subject to hydrolysis) is 1. The number of rotatable bonds is 6. The molecular formula is C21H30N2O4. The van der Waals surface area contributed by atoms with Gasteiger partial charge in [0.05, 0.1) is 18.7 Å². The number of carbonyl (C=O) groups excluding carboxylic acids is 2. The van der Waals surface area contributed by atoms with Gasteiger partial charge >= 0.3 is 6.09 Å². The van der Waals surface area contributed by atoms with Gasteiger partial charge in [0.15, 0.2) is 0 Å². The molecule has 148 valence electrons. The van der Waals surface area contributed by atoms with Crippen molar-refractivity contribution in [2.45, 2.75) is 59.6 Å². The van der Waals surface area contributed by atoms with E-state index in [-0.39, 0.29) is 24.3 Å². The van der Waals surface area contributed by atoms with E-state index in [4.69, 9.17) is 9.15 Å². The Balaban J connectivity index is 1.92. The minimum absolute atomic E-state index is 0.116. The lowest BCUT2D eigenvalue weighted by atomic mass is 10.0. The predicted octanol–water partition coefficient (Wildman–Crippen LogP) is 3.95. The van der Waals surface area contributed by atoms with E-state index in [1.165, 1.54) is 0 Å². The normalized spacial score (nSPS) is 12.9. The Morgan fingerprint density at radius 3 is 2.56 bits per heavy atom. The molecule has 0 spiro atoms. The maximum atomic E-state index is 12.4. The molecule has 1 aromatic heterocycles. The van der Waals surface area contributed by atoms with Crippen LogP contribution in [-0.4, -0.2) is 30.2 Å². The highest BCUT2D eigenvalue weighted by atomic mass is 16.6. The molecule has 2 N–H and O–H groups in total. The molecule has 1 heterocycles. The van der Waals surface area contributed by atoms with Crippen molar-refractivity contribution in [1.29, 1.82) is 0 Å². The topological polar surface area (TPSA) is 80.6 Å². The average molecular weight is 374 g/mol. The molecule has 0 aliphatic heterocycles. The number of hydrogen-bond donors (Lipinski definition) is 2.